The summed E-state index contributed by atoms with van der Waals surface area (Å²) in [5.74, 6) is 1.88. The van der Waals surface area contributed by atoms with Gasteiger partial charge in [-0.2, -0.15) is 5.10 Å². The maximum Gasteiger partial charge on any atom is 0.256 e. The van der Waals surface area contributed by atoms with Crippen LogP contribution in [0.4, 0.5) is 0 Å². The van der Waals surface area contributed by atoms with E-state index in [9.17, 15) is 4.79 Å². The molecule has 1 aromatic carbocycles. The van der Waals surface area contributed by atoms with Crippen LogP contribution < -0.4 is 15.0 Å². The fraction of sp³-hybridized carbons (Fsp3) is 0.227. The second-order valence-electron chi connectivity index (χ2n) is 6.96. The van der Waals surface area contributed by atoms with E-state index < -0.39 is 0 Å². The summed E-state index contributed by atoms with van der Waals surface area (Å²) in [5, 5.41) is 5.81. The van der Waals surface area contributed by atoms with Crippen LogP contribution >= 0.6 is 12.4 Å². The fourth-order valence-electron chi connectivity index (χ4n) is 3.28. The zero-order valence-electron chi connectivity index (χ0n) is 17.2. The minimum Gasteiger partial charge on any atom is -0.493 e. The molecule has 0 fully saturated rings. The van der Waals surface area contributed by atoms with Crippen molar-refractivity contribution in [2.45, 2.75) is 20.3 Å². The van der Waals surface area contributed by atoms with Gasteiger partial charge in [-0.3, -0.25) is 4.79 Å². The Balaban J connectivity index is 0.00000256. The van der Waals surface area contributed by atoms with Crippen molar-refractivity contribution in [3.05, 3.63) is 75.6 Å². The number of benzene rings is 1. The summed E-state index contributed by atoms with van der Waals surface area (Å²) in [6.45, 7) is 3.99. The second-order valence-corrected chi connectivity index (χ2v) is 6.96. The number of aromatic nitrogens is 4. The number of H-pyrrole nitrogens is 1. The minimum atomic E-state index is -0.162. The minimum absolute atomic E-state index is 0. The van der Waals surface area contributed by atoms with E-state index >= 15 is 0 Å². The number of aromatic amines is 1. The van der Waals surface area contributed by atoms with Crippen molar-refractivity contribution in [2.75, 3.05) is 14.2 Å². The lowest BCUT2D eigenvalue weighted by Gasteiger charge is -2.10. The monoisotopic (exact) mass is 426 g/mol. The third kappa shape index (κ3) is 4.02. The topological polar surface area (TPSA) is 82.0 Å². The molecule has 0 amide bonds. The molecule has 1 N–H and O–H groups in total. The van der Waals surface area contributed by atoms with E-state index in [0.717, 1.165) is 33.7 Å². The van der Waals surface area contributed by atoms with E-state index in [1.165, 1.54) is 0 Å². The Morgan fingerprint density at radius 1 is 1.07 bits per heavy atom. The molecule has 0 atom stereocenters. The van der Waals surface area contributed by atoms with E-state index in [4.69, 9.17) is 9.47 Å². The first-order chi connectivity index (χ1) is 14.0. The molecule has 0 radical (unpaired) electrons. The van der Waals surface area contributed by atoms with E-state index in [1.807, 2.05) is 44.3 Å². The van der Waals surface area contributed by atoms with E-state index in [1.54, 1.807) is 31.2 Å². The van der Waals surface area contributed by atoms with Gasteiger partial charge < -0.3 is 14.5 Å². The van der Waals surface area contributed by atoms with Crippen molar-refractivity contribution >= 4 is 23.2 Å². The highest BCUT2D eigenvalue weighted by molar-refractivity contribution is 5.86. The van der Waals surface area contributed by atoms with Gasteiger partial charge in [-0.05, 0) is 54.6 Å². The van der Waals surface area contributed by atoms with Gasteiger partial charge in [-0.25, -0.2) is 9.67 Å². The number of hydrogen-bond acceptors (Lipinski definition) is 5. The average molecular weight is 427 g/mol. The Kier molecular flexibility index (Phi) is 6.12. The van der Waals surface area contributed by atoms with Crippen LogP contribution in [-0.2, 0) is 6.42 Å². The van der Waals surface area contributed by atoms with Gasteiger partial charge in [-0.15, -0.1) is 12.4 Å². The van der Waals surface area contributed by atoms with Crippen LogP contribution in [0.15, 0.2) is 47.5 Å². The average Bonchev–Trinajstić information content (AvgIpc) is 3.06. The molecule has 3 heterocycles. The van der Waals surface area contributed by atoms with Crippen molar-refractivity contribution in [1.82, 2.24) is 19.7 Å². The maximum atomic E-state index is 12.6. The fourth-order valence-corrected chi connectivity index (χ4v) is 3.28. The lowest BCUT2D eigenvalue weighted by atomic mass is 10.1. The molecular formula is C22H23ClN4O3. The molecule has 0 aliphatic rings. The molecule has 0 saturated carbocycles. The highest BCUT2D eigenvalue weighted by Crippen LogP contribution is 2.31. The smallest absolute Gasteiger partial charge is 0.256 e. The molecule has 0 aliphatic heterocycles. The first-order valence-corrected chi connectivity index (χ1v) is 9.24. The van der Waals surface area contributed by atoms with Crippen LogP contribution in [0.5, 0.6) is 11.5 Å². The van der Waals surface area contributed by atoms with Crippen LogP contribution in [0.2, 0.25) is 0 Å². The molecule has 0 saturated heterocycles. The van der Waals surface area contributed by atoms with E-state index in [2.05, 4.69) is 15.1 Å². The standard InChI is InChI=1S/C22H22N4O3.ClH/c1-13-12-26(25-14(13)2)21-6-5-15(11-23-21)7-17-8-16-9-19(28-3)20(29-4)10-18(16)22(27)24-17;/h5-6,8-12H,7H2,1-4H3,(H,24,27);1H. The summed E-state index contributed by atoms with van der Waals surface area (Å²) in [7, 11) is 3.13. The predicted molar refractivity (Wildman–Crippen MR) is 119 cm³/mol. The van der Waals surface area contributed by atoms with Gasteiger partial charge in [0, 0.05) is 24.5 Å². The summed E-state index contributed by atoms with van der Waals surface area (Å²) >= 11 is 0. The van der Waals surface area contributed by atoms with Gasteiger partial charge in [0.05, 0.1) is 25.3 Å². The number of nitrogens with one attached hydrogen (secondary N) is 1. The highest BCUT2D eigenvalue weighted by Gasteiger charge is 2.10. The van der Waals surface area contributed by atoms with Crippen LogP contribution in [0.3, 0.4) is 0 Å². The number of methoxy groups -OCH3 is 2. The molecule has 7 nitrogen and oxygen atoms in total. The molecule has 0 aliphatic carbocycles. The van der Waals surface area contributed by atoms with E-state index in [0.29, 0.717) is 23.3 Å². The number of halogens is 1. The van der Waals surface area contributed by atoms with Crippen LogP contribution in [0.25, 0.3) is 16.6 Å². The Morgan fingerprint density at radius 3 is 2.40 bits per heavy atom. The number of hydrogen-bond donors (Lipinski definition) is 1. The molecule has 4 aromatic rings. The summed E-state index contributed by atoms with van der Waals surface area (Å²) in [6, 6.07) is 9.38. The van der Waals surface area contributed by atoms with Crippen LogP contribution in [0, 0.1) is 13.8 Å². The summed E-state index contributed by atoms with van der Waals surface area (Å²) in [4.78, 5) is 20.0. The molecule has 156 valence electrons. The van der Waals surface area contributed by atoms with Gasteiger partial charge in [0.1, 0.15) is 0 Å². The van der Waals surface area contributed by atoms with E-state index in [-0.39, 0.29) is 18.0 Å². The van der Waals surface area contributed by atoms with Crippen molar-refractivity contribution in [3.8, 4) is 17.3 Å². The first-order valence-electron chi connectivity index (χ1n) is 9.24. The zero-order chi connectivity index (χ0) is 20.5. The Bertz CT molecular complexity index is 1230. The molecule has 8 heteroatoms. The maximum absolute atomic E-state index is 12.6. The van der Waals surface area contributed by atoms with Crippen LogP contribution in [-0.4, -0.2) is 34.0 Å². The molecule has 0 spiro atoms. The molecule has 3 aromatic heterocycles. The zero-order valence-corrected chi connectivity index (χ0v) is 18.0. The summed E-state index contributed by atoms with van der Waals surface area (Å²) in [5.41, 5.74) is 3.73. The molecule has 4 rings (SSSR count). The van der Waals surface area contributed by atoms with Gasteiger partial charge in [-0.1, -0.05) is 6.07 Å². The first kappa shape index (κ1) is 21.4. The number of ether oxygens (including phenoxy) is 2. The van der Waals surface area contributed by atoms with Crippen molar-refractivity contribution in [2.24, 2.45) is 0 Å². The number of pyridine rings is 2. The van der Waals surface area contributed by atoms with Gasteiger partial charge >= 0.3 is 0 Å². The number of fused-ring (bicyclic) bond motifs is 1. The quantitative estimate of drug-likeness (QED) is 0.525. The number of rotatable bonds is 5. The van der Waals surface area contributed by atoms with Crippen molar-refractivity contribution in [3.63, 3.8) is 0 Å². The Morgan fingerprint density at radius 2 is 1.80 bits per heavy atom. The lowest BCUT2D eigenvalue weighted by Crippen LogP contribution is -2.10. The summed E-state index contributed by atoms with van der Waals surface area (Å²) in [6.07, 6.45) is 4.32. The molecule has 0 bridgehead atoms. The van der Waals surface area contributed by atoms with Gasteiger partial charge in [0.25, 0.3) is 5.56 Å². The highest BCUT2D eigenvalue weighted by atomic mass is 35.5. The normalized spacial score (nSPS) is 10.7. The number of aryl methyl sites for hydroxylation is 2. The Hall–Kier alpha value is -3.32. The van der Waals surface area contributed by atoms with Gasteiger partial charge in [0.2, 0.25) is 0 Å². The largest absolute Gasteiger partial charge is 0.493 e. The third-order valence-corrected chi connectivity index (χ3v) is 4.99. The van der Waals surface area contributed by atoms with Crippen molar-refractivity contribution in [1.29, 1.82) is 0 Å². The molecular weight excluding hydrogens is 404 g/mol. The lowest BCUT2D eigenvalue weighted by molar-refractivity contribution is 0.356. The molecule has 0 unspecified atom stereocenters. The van der Waals surface area contributed by atoms with Crippen LogP contribution in [0.1, 0.15) is 22.5 Å². The predicted octanol–water partition coefficient (Wildman–Crippen LogP) is 3.76. The second kappa shape index (κ2) is 8.59. The van der Waals surface area contributed by atoms with Gasteiger partial charge in [0.15, 0.2) is 17.3 Å². The van der Waals surface area contributed by atoms with Crippen molar-refractivity contribution < 1.29 is 9.47 Å². The number of nitrogens with zero attached hydrogens (tertiary/aromatic N) is 3. The Labute approximate surface area is 180 Å². The SMILES string of the molecule is COc1cc2cc(Cc3ccc(-n4cc(C)c(C)n4)nc3)[nH]c(=O)c2cc1OC.Cl. The molecule has 30 heavy (non-hydrogen) atoms. The summed E-state index contributed by atoms with van der Waals surface area (Å²) < 4.78 is 12.4. The third-order valence-electron chi connectivity index (χ3n) is 4.99.